The second-order valence-electron chi connectivity index (χ2n) is 6.29. The maximum Gasteiger partial charge on any atom is 0.416 e. The van der Waals surface area contributed by atoms with Crippen LogP contribution in [0.5, 0.6) is 5.75 Å². The number of alkyl halides is 3. The molecule has 28 heavy (non-hydrogen) atoms. The minimum absolute atomic E-state index is 0.00905. The van der Waals surface area contributed by atoms with Crippen LogP contribution in [0.3, 0.4) is 0 Å². The van der Waals surface area contributed by atoms with Crippen LogP contribution in [0.1, 0.15) is 54.2 Å². The Morgan fingerprint density at radius 1 is 1.07 bits per heavy atom. The Bertz CT molecular complexity index is 816. The highest BCUT2D eigenvalue weighted by Crippen LogP contribution is 2.30. The van der Waals surface area contributed by atoms with Gasteiger partial charge in [-0.25, -0.2) is 0 Å². The predicted octanol–water partition coefficient (Wildman–Crippen LogP) is 4.94. The maximum atomic E-state index is 12.8. The van der Waals surface area contributed by atoms with E-state index in [0.29, 0.717) is 23.5 Å². The van der Waals surface area contributed by atoms with Crippen molar-refractivity contribution in [3.05, 3.63) is 65.2 Å². The summed E-state index contributed by atoms with van der Waals surface area (Å²) in [5.74, 6) is 0.0702. The van der Waals surface area contributed by atoms with Crippen molar-refractivity contribution in [1.29, 1.82) is 0 Å². The molecule has 150 valence electrons. The van der Waals surface area contributed by atoms with E-state index < -0.39 is 23.7 Å². The Morgan fingerprint density at radius 2 is 1.75 bits per heavy atom. The number of halogens is 3. The number of hydrogen-bond donors (Lipinski definition) is 1. The molecule has 7 heteroatoms. The first-order valence-electron chi connectivity index (χ1n) is 8.93. The van der Waals surface area contributed by atoms with Crippen molar-refractivity contribution in [2.75, 3.05) is 6.61 Å². The average molecular weight is 393 g/mol. The van der Waals surface area contributed by atoms with E-state index in [9.17, 15) is 22.8 Å². The largest absolute Gasteiger partial charge is 0.494 e. The topological polar surface area (TPSA) is 55.4 Å². The molecule has 2 rings (SSSR count). The molecule has 1 unspecified atom stereocenters. The molecule has 2 aromatic rings. The lowest BCUT2D eigenvalue weighted by molar-refractivity contribution is -0.137. The summed E-state index contributed by atoms with van der Waals surface area (Å²) in [6.07, 6.45) is -4.48. The molecule has 1 N–H and O–H groups in total. The van der Waals surface area contributed by atoms with E-state index in [2.05, 4.69) is 5.32 Å². The molecule has 0 heterocycles. The van der Waals surface area contributed by atoms with Gasteiger partial charge < -0.3 is 10.1 Å². The summed E-state index contributed by atoms with van der Waals surface area (Å²) in [7, 11) is 0. The van der Waals surface area contributed by atoms with Gasteiger partial charge in [-0.1, -0.05) is 12.1 Å². The SMILES string of the molecule is CCOc1ccc(C(=O)CCC(=O)NC(C)c2cccc(C(F)(F)F)c2)cc1. The maximum absolute atomic E-state index is 12.8. The van der Waals surface area contributed by atoms with Crippen LogP contribution in [0.4, 0.5) is 13.2 Å². The van der Waals surface area contributed by atoms with Gasteiger partial charge in [-0.15, -0.1) is 0 Å². The lowest BCUT2D eigenvalue weighted by Crippen LogP contribution is -2.27. The first kappa shape index (κ1) is 21.5. The van der Waals surface area contributed by atoms with E-state index in [1.165, 1.54) is 12.1 Å². The van der Waals surface area contributed by atoms with Gasteiger partial charge in [0.1, 0.15) is 5.75 Å². The number of nitrogens with one attached hydrogen (secondary N) is 1. The summed E-state index contributed by atoms with van der Waals surface area (Å²) < 4.78 is 43.7. The summed E-state index contributed by atoms with van der Waals surface area (Å²) in [6, 6.07) is 10.9. The predicted molar refractivity (Wildman–Crippen MR) is 99.2 cm³/mol. The van der Waals surface area contributed by atoms with Gasteiger partial charge in [0.15, 0.2) is 5.78 Å². The van der Waals surface area contributed by atoms with Crippen molar-refractivity contribution in [2.45, 2.75) is 38.9 Å². The van der Waals surface area contributed by atoms with Crippen LogP contribution in [-0.4, -0.2) is 18.3 Å². The molecule has 1 atom stereocenters. The summed E-state index contributed by atoms with van der Waals surface area (Å²) in [5, 5.41) is 2.63. The van der Waals surface area contributed by atoms with Crippen molar-refractivity contribution in [3.8, 4) is 5.75 Å². The van der Waals surface area contributed by atoms with Crippen molar-refractivity contribution in [2.24, 2.45) is 0 Å². The fourth-order valence-electron chi connectivity index (χ4n) is 2.66. The van der Waals surface area contributed by atoms with Gasteiger partial charge in [-0.05, 0) is 55.8 Å². The molecule has 0 aliphatic carbocycles. The molecule has 0 saturated carbocycles. The third-order valence-corrected chi connectivity index (χ3v) is 4.16. The minimum atomic E-state index is -4.44. The van der Waals surface area contributed by atoms with E-state index >= 15 is 0 Å². The van der Waals surface area contributed by atoms with E-state index in [1.807, 2.05) is 6.92 Å². The average Bonchev–Trinajstić information content (AvgIpc) is 2.66. The third-order valence-electron chi connectivity index (χ3n) is 4.16. The van der Waals surface area contributed by atoms with E-state index in [0.717, 1.165) is 12.1 Å². The van der Waals surface area contributed by atoms with Crippen molar-refractivity contribution in [1.82, 2.24) is 5.32 Å². The lowest BCUT2D eigenvalue weighted by atomic mass is 10.0. The first-order valence-corrected chi connectivity index (χ1v) is 8.93. The van der Waals surface area contributed by atoms with Crippen LogP contribution in [0.2, 0.25) is 0 Å². The molecule has 0 radical (unpaired) electrons. The Hall–Kier alpha value is -2.83. The van der Waals surface area contributed by atoms with Gasteiger partial charge >= 0.3 is 6.18 Å². The number of ketones is 1. The molecule has 0 aliphatic heterocycles. The van der Waals surface area contributed by atoms with Crippen molar-refractivity contribution >= 4 is 11.7 Å². The summed E-state index contributed by atoms with van der Waals surface area (Å²) >= 11 is 0. The molecule has 1 amide bonds. The number of benzene rings is 2. The Kier molecular flexibility index (Phi) is 7.20. The molecule has 0 aromatic heterocycles. The Labute approximate surface area is 161 Å². The molecular formula is C21H22F3NO3. The third kappa shape index (κ3) is 6.11. The highest BCUT2D eigenvalue weighted by atomic mass is 19.4. The number of carbonyl (C=O) groups excluding carboxylic acids is 2. The van der Waals surface area contributed by atoms with Gasteiger partial charge in [-0.2, -0.15) is 13.2 Å². The number of Topliss-reactive ketones (excluding diaryl/α,β-unsaturated/α-hetero) is 1. The molecule has 0 aliphatic rings. The van der Waals surface area contributed by atoms with Crippen molar-refractivity contribution < 1.29 is 27.5 Å². The van der Waals surface area contributed by atoms with E-state index in [1.54, 1.807) is 31.2 Å². The number of rotatable bonds is 8. The molecule has 0 bridgehead atoms. The molecule has 0 saturated heterocycles. The van der Waals surface area contributed by atoms with Crippen LogP contribution in [0.25, 0.3) is 0 Å². The molecule has 0 spiro atoms. The second kappa shape index (κ2) is 9.39. The summed E-state index contributed by atoms with van der Waals surface area (Å²) in [4.78, 5) is 24.3. The van der Waals surface area contributed by atoms with Crippen LogP contribution in [0.15, 0.2) is 48.5 Å². The highest BCUT2D eigenvalue weighted by Gasteiger charge is 2.30. The number of hydrogen-bond acceptors (Lipinski definition) is 3. The number of ether oxygens (including phenoxy) is 1. The Balaban J connectivity index is 1.88. The quantitative estimate of drug-likeness (QED) is 0.646. The normalized spacial score (nSPS) is 12.3. The Morgan fingerprint density at radius 3 is 2.36 bits per heavy atom. The minimum Gasteiger partial charge on any atom is -0.494 e. The zero-order valence-electron chi connectivity index (χ0n) is 15.7. The standard InChI is InChI=1S/C21H22F3NO3/c1-3-28-18-9-7-15(8-10-18)19(26)11-12-20(27)25-14(2)16-5-4-6-17(13-16)21(22,23)24/h4-10,13-14H,3,11-12H2,1-2H3,(H,25,27). The van der Waals surface area contributed by atoms with Crippen molar-refractivity contribution in [3.63, 3.8) is 0 Å². The van der Waals surface area contributed by atoms with E-state index in [-0.39, 0.29) is 18.6 Å². The van der Waals surface area contributed by atoms with Crippen LogP contribution < -0.4 is 10.1 Å². The monoisotopic (exact) mass is 393 g/mol. The number of carbonyl (C=O) groups is 2. The summed E-state index contributed by atoms with van der Waals surface area (Å²) in [5.41, 5.74) is 0.0555. The van der Waals surface area contributed by atoms with Crippen LogP contribution in [-0.2, 0) is 11.0 Å². The van der Waals surface area contributed by atoms with Gasteiger partial charge in [-0.3, -0.25) is 9.59 Å². The second-order valence-corrected chi connectivity index (χ2v) is 6.29. The molecular weight excluding hydrogens is 371 g/mol. The molecule has 0 fully saturated rings. The first-order chi connectivity index (χ1) is 13.2. The number of amides is 1. The molecule has 2 aromatic carbocycles. The lowest BCUT2D eigenvalue weighted by Gasteiger charge is -2.16. The van der Waals surface area contributed by atoms with Gasteiger partial charge in [0.2, 0.25) is 5.91 Å². The van der Waals surface area contributed by atoms with Gasteiger partial charge in [0.25, 0.3) is 0 Å². The zero-order valence-corrected chi connectivity index (χ0v) is 15.7. The smallest absolute Gasteiger partial charge is 0.416 e. The van der Waals surface area contributed by atoms with Crippen LogP contribution >= 0.6 is 0 Å². The zero-order chi connectivity index (χ0) is 20.7. The van der Waals surface area contributed by atoms with Gasteiger partial charge in [0.05, 0.1) is 18.2 Å². The molecule has 4 nitrogen and oxygen atoms in total. The van der Waals surface area contributed by atoms with Gasteiger partial charge in [0, 0.05) is 18.4 Å². The van der Waals surface area contributed by atoms with Crippen LogP contribution in [0, 0.1) is 0 Å². The fourth-order valence-corrected chi connectivity index (χ4v) is 2.66. The summed E-state index contributed by atoms with van der Waals surface area (Å²) in [6.45, 7) is 3.98. The highest BCUT2D eigenvalue weighted by molar-refractivity contribution is 5.98. The van der Waals surface area contributed by atoms with E-state index in [4.69, 9.17) is 4.74 Å². The fraction of sp³-hybridized carbons (Fsp3) is 0.333.